The second kappa shape index (κ2) is 6.88. The lowest BCUT2D eigenvalue weighted by atomic mass is 10.1. The quantitative estimate of drug-likeness (QED) is 0.696. The van der Waals surface area contributed by atoms with E-state index in [9.17, 15) is 14.4 Å². The second-order valence-electron chi connectivity index (χ2n) is 5.13. The van der Waals surface area contributed by atoms with Crippen LogP contribution < -0.4 is 16.2 Å². The summed E-state index contributed by atoms with van der Waals surface area (Å²) < 4.78 is 0. The Morgan fingerprint density at radius 2 is 1.86 bits per heavy atom. The molecule has 3 N–H and O–H groups in total. The molecule has 0 bridgehead atoms. The van der Waals surface area contributed by atoms with Crippen molar-refractivity contribution in [2.75, 3.05) is 6.54 Å². The van der Waals surface area contributed by atoms with Crippen LogP contribution in [0.5, 0.6) is 0 Å². The van der Waals surface area contributed by atoms with Gasteiger partial charge in [0, 0.05) is 24.4 Å². The van der Waals surface area contributed by atoms with E-state index in [4.69, 9.17) is 0 Å². The first-order valence-electron chi connectivity index (χ1n) is 7.00. The fraction of sp³-hybridized carbons (Fsp3) is 0.400. The topological polar surface area (TPSA) is 87.3 Å². The van der Waals surface area contributed by atoms with Gasteiger partial charge in [-0.1, -0.05) is 18.2 Å². The Balaban J connectivity index is 1.66. The first-order valence-corrected chi connectivity index (χ1v) is 7.00. The number of aryl methyl sites for hydroxylation is 1. The molecule has 0 aromatic heterocycles. The molecule has 0 saturated heterocycles. The lowest BCUT2D eigenvalue weighted by Gasteiger charge is -2.08. The number of amides is 3. The van der Waals surface area contributed by atoms with Crippen molar-refractivity contribution in [3.63, 3.8) is 0 Å². The zero-order valence-corrected chi connectivity index (χ0v) is 11.9. The Morgan fingerprint density at radius 3 is 2.52 bits per heavy atom. The van der Waals surface area contributed by atoms with Crippen LogP contribution in [0.15, 0.2) is 24.3 Å². The van der Waals surface area contributed by atoms with Crippen LogP contribution in [0.3, 0.4) is 0 Å². The number of carbonyl (C=O) groups excluding carboxylic acids is 3. The summed E-state index contributed by atoms with van der Waals surface area (Å²) in [6, 6.07) is 7.25. The molecule has 2 rings (SSSR count). The van der Waals surface area contributed by atoms with Crippen molar-refractivity contribution in [2.45, 2.75) is 26.2 Å². The summed E-state index contributed by atoms with van der Waals surface area (Å²) in [5.41, 5.74) is 6.19. The van der Waals surface area contributed by atoms with Gasteiger partial charge in [0.05, 0.1) is 0 Å². The van der Waals surface area contributed by atoms with E-state index in [1.807, 2.05) is 19.1 Å². The lowest BCUT2D eigenvalue weighted by molar-refractivity contribution is -0.129. The monoisotopic (exact) mass is 289 g/mol. The Bertz CT molecular complexity index is 553. The molecule has 1 aromatic carbocycles. The van der Waals surface area contributed by atoms with Gasteiger partial charge >= 0.3 is 0 Å². The third kappa shape index (κ3) is 4.59. The molecule has 112 valence electrons. The van der Waals surface area contributed by atoms with Gasteiger partial charge < -0.3 is 5.32 Å². The Labute approximate surface area is 123 Å². The molecular weight excluding hydrogens is 270 g/mol. The molecule has 21 heavy (non-hydrogen) atoms. The molecule has 1 aliphatic carbocycles. The maximum Gasteiger partial charge on any atom is 0.251 e. The number of hydrogen-bond acceptors (Lipinski definition) is 3. The van der Waals surface area contributed by atoms with E-state index in [1.54, 1.807) is 12.1 Å². The average molecular weight is 289 g/mol. The van der Waals surface area contributed by atoms with Crippen LogP contribution in [0, 0.1) is 12.8 Å². The number of nitrogens with one attached hydrogen (secondary N) is 3. The third-order valence-corrected chi connectivity index (χ3v) is 3.30. The largest absolute Gasteiger partial charge is 0.352 e. The van der Waals surface area contributed by atoms with Gasteiger partial charge in [-0.15, -0.1) is 0 Å². The Hall–Kier alpha value is -2.37. The molecule has 0 unspecified atom stereocenters. The van der Waals surface area contributed by atoms with Gasteiger partial charge in [0.2, 0.25) is 11.8 Å². The number of benzene rings is 1. The molecule has 6 nitrogen and oxygen atoms in total. The van der Waals surface area contributed by atoms with E-state index in [2.05, 4.69) is 16.2 Å². The summed E-state index contributed by atoms with van der Waals surface area (Å²) in [6.07, 6.45) is 1.88. The highest BCUT2D eigenvalue weighted by molar-refractivity contribution is 5.95. The molecular formula is C15H19N3O3. The minimum Gasteiger partial charge on any atom is -0.352 e. The smallest absolute Gasteiger partial charge is 0.251 e. The fourth-order valence-electron chi connectivity index (χ4n) is 1.85. The third-order valence-electron chi connectivity index (χ3n) is 3.30. The predicted molar refractivity (Wildman–Crippen MR) is 77.1 cm³/mol. The maximum atomic E-state index is 11.9. The van der Waals surface area contributed by atoms with Gasteiger partial charge in [0.15, 0.2) is 0 Å². The zero-order chi connectivity index (χ0) is 15.2. The highest BCUT2D eigenvalue weighted by Crippen LogP contribution is 2.28. The number of carbonyl (C=O) groups is 3. The minimum atomic E-state index is -0.325. The molecule has 1 aliphatic rings. The van der Waals surface area contributed by atoms with E-state index in [-0.39, 0.29) is 36.6 Å². The summed E-state index contributed by atoms with van der Waals surface area (Å²) in [5.74, 6) is -0.629. The first-order chi connectivity index (χ1) is 10.1. The van der Waals surface area contributed by atoms with E-state index in [0.29, 0.717) is 5.56 Å². The van der Waals surface area contributed by atoms with Crippen LogP contribution >= 0.6 is 0 Å². The van der Waals surface area contributed by atoms with Gasteiger partial charge in [-0.25, -0.2) is 0 Å². The summed E-state index contributed by atoms with van der Waals surface area (Å²) in [6.45, 7) is 2.08. The van der Waals surface area contributed by atoms with Crippen molar-refractivity contribution in [1.82, 2.24) is 16.2 Å². The van der Waals surface area contributed by atoms with E-state index in [1.165, 1.54) is 0 Å². The van der Waals surface area contributed by atoms with Crippen LogP contribution in [0.25, 0.3) is 0 Å². The molecule has 0 heterocycles. The van der Waals surface area contributed by atoms with E-state index >= 15 is 0 Å². The average Bonchev–Trinajstić information content (AvgIpc) is 3.29. The van der Waals surface area contributed by atoms with Crippen molar-refractivity contribution in [3.05, 3.63) is 35.4 Å². The standard InChI is InChI=1S/C15H19N3O3/c1-10-4-2-3-5-12(10)15(21)16-9-8-13(19)17-18-14(20)11-6-7-11/h2-5,11H,6-9H2,1H3,(H,16,21)(H,17,19)(H,18,20). The first kappa shape index (κ1) is 15.0. The summed E-state index contributed by atoms with van der Waals surface area (Å²) in [5, 5.41) is 2.68. The number of hydrazine groups is 1. The molecule has 0 spiro atoms. The molecule has 1 fully saturated rings. The summed E-state index contributed by atoms with van der Waals surface area (Å²) in [7, 11) is 0. The Kier molecular flexibility index (Phi) is 4.92. The van der Waals surface area contributed by atoms with Gasteiger partial charge in [-0.3, -0.25) is 25.2 Å². The van der Waals surface area contributed by atoms with Crippen LogP contribution in [-0.2, 0) is 9.59 Å². The van der Waals surface area contributed by atoms with Gasteiger partial charge in [0.1, 0.15) is 0 Å². The highest BCUT2D eigenvalue weighted by Gasteiger charge is 2.29. The van der Waals surface area contributed by atoms with Gasteiger partial charge in [-0.2, -0.15) is 0 Å². The predicted octanol–water partition coefficient (Wildman–Crippen LogP) is 0.672. The summed E-state index contributed by atoms with van der Waals surface area (Å²) in [4.78, 5) is 34.7. The molecule has 1 aromatic rings. The number of rotatable bonds is 5. The zero-order valence-electron chi connectivity index (χ0n) is 11.9. The highest BCUT2D eigenvalue weighted by atomic mass is 16.2. The van der Waals surface area contributed by atoms with Crippen molar-refractivity contribution in [2.24, 2.45) is 5.92 Å². The van der Waals surface area contributed by atoms with Crippen molar-refractivity contribution in [1.29, 1.82) is 0 Å². The fourth-order valence-corrected chi connectivity index (χ4v) is 1.85. The van der Waals surface area contributed by atoms with E-state index in [0.717, 1.165) is 18.4 Å². The molecule has 0 radical (unpaired) electrons. The van der Waals surface area contributed by atoms with Crippen molar-refractivity contribution < 1.29 is 14.4 Å². The number of hydrogen-bond donors (Lipinski definition) is 3. The minimum absolute atomic E-state index is 0.0473. The van der Waals surface area contributed by atoms with Crippen LogP contribution in [0.2, 0.25) is 0 Å². The van der Waals surface area contributed by atoms with Crippen molar-refractivity contribution >= 4 is 17.7 Å². The van der Waals surface area contributed by atoms with Crippen LogP contribution in [-0.4, -0.2) is 24.3 Å². The molecule has 6 heteroatoms. The molecule has 1 saturated carbocycles. The molecule has 0 atom stereocenters. The summed E-state index contributed by atoms with van der Waals surface area (Å²) >= 11 is 0. The SMILES string of the molecule is Cc1ccccc1C(=O)NCCC(=O)NNC(=O)C1CC1. The van der Waals surface area contributed by atoms with Gasteiger partial charge in [-0.05, 0) is 31.4 Å². The second-order valence-corrected chi connectivity index (χ2v) is 5.13. The van der Waals surface area contributed by atoms with Crippen LogP contribution in [0.4, 0.5) is 0 Å². The van der Waals surface area contributed by atoms with Gasteiger partial charge in [0.25, 0.3) is 5.91 Å². The lowest BCUT2D eigenvalue weighted by Crippen LogP contribution is -2.43. The molecule has 0 aliphatic heterocycles. The normalized spacial score (nSPS) is 13.4. The Morgan fingerprint density at radius 1 is 1.14 bits per heavy atom. The van der Waals surface area contributed by atoms with E-state index < -0.39 is 0 Å². The maximum absolute atomic E-state index is 11.9. The van der Waals surface area contributed by atoms with Crippen molar-refractivity contribution in [3.8, 4) is 0 Å². The molecule has 3 amide bonds. The van der Waals surface area contributed by atoms with Crippen LogP contribution in [0.1, 0.15) is 35.2 Å².